The molecule has 0 aliphatic heterocycles. The fourth-order valence-corrected chi connectivity index (χ4v) is 6.42. The van der Waals surface area contributed by atoms with Gasteiger partial charge in [0.25, 0.3) is 0 Å². The average molecular weight is 634 g/mol. The Labute approximate surface area is 260 Å². The lowest BCUT2D eigenvalue weighted by Crippen LogP contribution is -1.89. The van der Waals surface area contributed by atoms with Crippen LogP contribution in [0.3, 0.4) is 0 Å². The van der Waals surface area contributed by atoms with E-state index in [1.54, 1.807) is 36.9 Å². The van der Waals surface area contributed by atoms with E-state index in [-0.39, 0.29) is 5.82 Å². The molecule has 0 aliphatic carbocycles. The van der Waals surface area contributed by atoms with E-state index in [2.05, 4.69) is 96.5 Å². The molecule has 0 radical (unpaired) electrons. The molecular formula is C38H22BrFN4. The molecule has 0 unspecified atom stereocenters. The van der Waals surface area contributed by atoms with Crippen LogP contribution in [0.4, 0.5) is 4.39 Å². The van der Waals surface area contributed by atoms with Gasteiger partial charge in [0, 0.05) is 50.8 Å². The summed E-state index contributed by atoms with van der Waals surface area (Å²) in [6, 6.07) is 35.8. The predicted octanol–water partition coefficient (Wildman–Crippen LogP) is 10.4. The number of aromatic nitrogens is 4. The second-order valence-corrected chi connectivity index (χ2v) is 11.5. The van der Waals surface area contributed by atoms with E-state index in [0.717, 1.165) is 70.0 Å². The summed E-state index contributed by atoms with van der Waals surface area (Å²) in [5.74, 6) is -0.226. The van der Waals surface area contributed by atoms with Gasteiger partial charge in [0.05, 0.1) is 22.1 Å². The Morgan fingerprint density at radius 3 is 1.32 bits per heavy atom. The number of hydrogen-bond donors (Lipinski definition) is 0. The van der Waals surface area contributed by atoms with Crippen LogP contribution < -0.4 is 0 Å². The van der Waals surface area contributed by atoms with Gasteiger partial charge in [0.1, 0.15) is 5.82 Å². The fourth-order valence-electron chi connectivity index (χ4n) is 6.05. The molecule has 6 heteroatoms. The van der Waals surface area contributed by atoms with Crippen molar-refractivity contribution in [3.8, 4) is 11.1 Å². The quantitative estimate of drug-likeness (QED) is 0.169. The van der Waals surface area contributed by atoms with Gasteiger partial charge in [-0.15, -0.1) is 0 Å². The molecule has 9 rings (SSSR count). The first-order valence-electron chi connectivity index (χ1n) is 14.2. The van der Waals surface area contributed by atoms with Crippen molar-refractivity contribution in [2.45, 2.75) is 0 Å². The first-order valence-corrected chi connectivity index (χ1v) is 15.0. The lowest BCUT2D eigenvalue weighted by atomic mass is 9.95. The molecule has 0 N–H and O–H groups in total. The Morgan fingerprint density at radius 1 is 0.386 bits per heavy atom. The standard InChI is InChI=1S/C22H13FN2.C16H9BrN2/c23-16-8-5-14(6-9-16)15-7-10-19-20(13-15)17-3-1-2-4-18(17)21-22(19)25-12-11-24-21;17-10-5-6-13-14(9-10)11-3-1-2-4-12(11)15-16(13)19-8-7-18-15/h1-13H;1-9H. The summed E-state index contributed by atoms with van der Waals surface area (Å²) >= 11 is 3.55. The summed E-state index contributed by atoms with van der Waals surface area (Å²) in [7, 11) is 0. The molecule has 2 heterocycles. The van der Waals surface area contributed by atoms with Crippen molar-refractivity contribution >= 4 is 81.1 Å². The minimum atomic E-state index is -0.226. The molecule has 9 aromatic rings. The minimum absolute atomic E-state index is 0.226. The number of benzene rings is 7. The van der Waals surface area contributed by atoms with Crippen molar-refractivity contribution in [3.05, 3.63) is 144 Å². The van der Waals surface area contributed by atoms with Crippen molar-refractivity contribution in [3.63, 3.8) is 0 Å². The Hall–Kier alpha value is -5.33. The fraction of sp³-hybridized carbons (Fsp3) is 0. The monoisotopic (exact) mass is 632 g/mol. The molecule has 7 aromatic carbocycles. The highest BCUT2D eigenvalue weighted by molar-refractivity contribution is 9.10. The number of rotatable bonds is 1. The van der Waals surface area contributed by atoms with E-state index in [0.29, 0.717) is 0 Å². The van der Waals surface area contributed by atoms with Crippen LogP contribution in [0, 0.1) is 5.82 Å². The molecule has 208 valence electrons. The van der Waals surface area contributed by atoms with E-state index in [1.165, 1.54) is 22.9 Å². The highest BCUT2D eigenvalue weighted by Crippen LogP contribution is 2.36. The summed E-state index contributed by atoms with van der Waals surface area (Å²) < 4.78 is 14.3. The van der Waals surface area contributed by atoms with E-state index in [1.807, 2.05) is 24.3 Å². The highest BCUT2D eigenvalue weighted by atomic mass is 79.9. The van der Waals surface area contributed by atoms with Gasteiger partial charge in [0.2, 0.25) is 0 Å². The largest absolute Gasteiger partial charge is 0.252 e. The highest BCUT2D eigenvalue weighted by Gasteiger charge is 2.12. The molecule has 2 aromatic heterocycles. The molecule has 0 amide bonds. The number of nitrogens with zero attached hydrogens (tertiary/aromatic N) is 4. The van der Waals surface area contributed by atoms with Gasteiger partial charge in [0.15, 0.2) is 0 Å². The van der Waals surface area contributed by atoms with Gasteiger partial charge in [-0.2, -0.15) is 0 Å². The van der Waals surface area contributed by atoms with Crippen molar-refractivity contribution in [1.82, 2.24) is 19.9 Å². The van der Waals surface area contributed by atoms with E-state index in [4.69, 9.17) is 0 Å². The van der Waals surface area contributed by atoms with Gasteiger partial charge < -0.3 is 0 Å². The Kier molecular flexibility index (Phi) is 6.42. The Balaban J connectivity index is 0.000000136. The third kappa shape index (κ3) is 4.43. The maximum absolute atomic E-state index is 13.2. The van der Waals surface area contributed by atoms with Crippen LogP contribution in [0.5, 0.6) is 0 Å². The van der Waals surface area contributed by atoms with Gasteiger partial charge in [-0.25, -0.2) is 4.39 Å². The van der Waals surface area contributed by atoms with Crippen molar-refractivity contribution in [1.29, 1.82) is 0 Å². The zero-order chi connectivity index (χ0) is 29.6. The zero-order valence-corrected chi connectivity index (χ0v) is 24.8. The lowest BCUT2D eigenvalue weighted by Gasteiger charge is -2.10. The maximum atomic E-state index is 13.2. The number of hydrogen-bond acceptors (Lipinski definition) is 4. The third-order valence-corrected chi connectivity index (χ3v) is 8.52. The van der Waals surface area contributed by atoms with E-state index >= 15 is 0 Å². The smallest absolute Gasteiger partial charge is 0.123 e. The molecule has 0 saturated heterocycles. The molecule has 0 fully saturated rings. The summed E-state index contributed by atoms with van der Waals surface area (Å²) in [6.07, 6.45) is 6.95. The van der Waals surface area contributed by atoms with Gasteiger partial charge >= 0.3 is 0 Å². The number of fused-ring (bicyclic) bond motifs is 12. The van der Waals surface area contributed by atoms with E-state index in [9.17, 15) is 4.39 Å². The van der Waals surface area contributed by atoms with Crippen LogP contribution in [-0.4, -0.2) is 19.9 Å². The second kappa shape index (κ2) is 10.7. The van der Waals surface area contributed by atoms with Crippen molar-refractivity contribution in [2.75, 3.05) is 0 Å². The molecule has 0 atom stereocenters. The van der Waals surface area contributed by atoms with Crippen LogP contribution in [-0.2, 0) is 0 Å². The SMILES string of the molecule is Brc1ccc2c(c1)c1ccccc1c1nccnc21.Fc1ccc(-c2ccc3c(c2)c2ccccc2c2nccnc32)cc1. The van der Waals surface area contributed by atoms with Gasteiger partial charge in [-0.05, 0) is 63.0 Å². The van der Waals surface area contributed by atoms with Crippen LogP contribution in [0.15, 0.2) is 138 Å². The Morgan fingerprint density at radius 2 is 0.795 bits per heavy atom. The van der Waals surface area contributed by atoms with E-state index < -0.39 is 0 Å². The zero-order valence-electron chi connectivity index (χ0n) is 23.2. The van der Waals surface area contributed by atoms with Crippen LogP contribution in [0.2, 0.25) is 0 Å². The topological polar surface area (TPSA) is 51.6 Å². The minimum Gasteiger partial charge on any atom is -0.252 e. The molecular weight excluding hydrogens is 611 g/mol. The van der Waals surface area contributed by atoms with Crippen LogP contribution in [0.25, 0.3) is 76.3 Å². The molecule has 0 bridgehead atoms. The van der Waals surface area contributed by atoms with Crippen LogP contribution >= 0.6 is 15.9 Å². The molecule has 0 saturated carbocycles. The Bertz CT molecular complexity index is 2460. The van der Waals surface area contributed by atoms with Crippen molar-refractivity contribution < 1.29 is 4.39 Å². The van der Waals surface area contributed by atoms with Crippen molar-refractivity contribution in [2.24, 2.45) is 0 Å². The molecule has 0 aliphatic rings. The van der Waals surface area contributed by atoms with Crippen LogP contribution in [0.1, 0.15) is 0 Å². The summed E-state index contributed by atoms with van der Waals surface area (Å²) in [5.41, 5.74) is 5.80. The summed E-state index contributed by atoms with van der Waals surface area (Å²) in [5, 5.41) is 9.16. The third-order valence-electron chi connectivity index (χ3n) is 8.03. The first-order chi connectivity index (χ1) is 21.7. The summed E-state index contributed by atoms with van der Waals surface area (Å²) in [4.78, 5) is 18.1. The normalized spacial score (nSPS) is 11.4. The number of halogens is 2. The molecule has 4 nitrogen and oxygen atoms in total. The summed E-state index contributed by atoms with van der Waals surface area (Å²) in [6.45, 7) is 0. The average Bonchev–Trinajstić information content (AvgIpc) is 3.09. The second-order valence-electron chi connectivity index (χ2n) is 10.6. The maximum Gasteiger partial charge on any atom is 0.123 e. The molecule has 0 spiro atoms. The predicted molar refractivity (Wildman–Crippen MR) is 182 cm³/mol. The van der Waals surface area contributed by atoms with Gasteiger partial charge in [-0.1, -0.05) is 94.8 Å². The molecule has 44 heavy (non-hydrogen) atoms. The first kappa shape index (κ1) is 26.3. The lowest BCUT2D eigenvalue weighted by molar-refractivity contribution is 0.628. The van der Waals surface area contributed by atoms with Gasteiger partial charge in [-0.3, -0.25) is 19.9 Å².